The molecule has 0 fully saturated rings. The summed E-state index contributed by atoms with van der Waals surface area (Å²) in [4.78, 5) is 0. The largest absolute Gasteiger partial charge is 0.493 e. The fourth-order valence-corrected chi connectivity index (χ4v) is 2.12. The molecule has 4 heteroatoms. The van der Waals surface area contributed by atoms with Crippen LogP contribution in [0.1, 0.15) is 5.56 Å². The van der Waals surface area contributed by atoms with Gasteiger partial charge >= 0.3 is 0 Å². The Bertz CT molecular complexity index is 692. The van der Waals surface area contributed by atoms with Crippen molar-refractivity contribution >= 4 is 6.08 Å². The third-order valence-corrected chi connectivity index (χ3v) is 3.26. The third kappa shape index (κ3) is 4.81. The van der Waals surface area contributed by atoms with E-state index in [2.05, 4.69) is 6.58 Å². The zero-order valence-corrected chi connectivity index (χ0v) is 14.0. The van der Waals surface area contributed by atoms with E-state index in [0.717, 1.165) is 5.56 Å². The summed E-state index contributed by atoms with van der Waals surface area (Å²) in [5.41, 5.74) is 1.01. The fourth-order valence-electron chi connectivity index (χ4n) is 2.12. The Morgan fingerprint density at radius 3 is 2.12 bits per heavy atom. The maximum Gasteiger partial charge on any atom is 0.161 e. The highest BCUT2D eigenvalue weighted by atomic mass is 16.5. The van der Waals surface area contributed by atoms with Crippen molar-refractivity contribution in [1.82, 2.24) is 0 Å². The van der Waals surface area contributed by atoms with Crippen LogP contribution >= 0.6 is 0 Å². The molecule has 0 N–H and O–H groups in total. The van der Waals surface area contributed by atoms with Gasteiger partial charge in [0.05, 0.1) is 14.2 Å². The number of para-hydroxylation sites is 2. The lowest BCUT2D eigenvalue weighted by Crippen LogP contribution is -1.99. The van der Waals surface area contributed by atoms with E-state index in [1.807, 2.05) is 54.6 Å². The van der Waals surface area contributed by atoms with Crippen LogP contribution in [0.3, 0.4) is 0 Å². The number of methoxy groups -OCH3 is 2. The second-order valence-corrected chi connectivity index (χ2v) is 4.87. The molecule has 2 aromatic rings. The highest BCUT2D eigenvalue weighted by Gasteiger charge is 2.03. The summed E-state index contributed by atoms with van der Waals surface area (Å²) in [5.74, 6) is 2.82. The summed E-state index contributed by atoms with van der Waals surface area (Å²) in [6.45, 7) is 4.52. The molecule has 126 valence electrons. The van der Waals surface area contributed by atoms with Crippen LogP contribution in [0, 0.1) is 0 Å². The van der Waals surface area contributed by atoms with Crippen molar-refractivity contribution in [2.75, 3.05) is 27.4 Å². The summed E-state index contributed by atoms with van der Waals surface area (Å²) in [7, 11) is 3.24. The summed E-state index contributed by atoms with van der Waals surface area (Å²) in [6, 6.07) is 13.3. The van der Waals surface area contributed by atoms with Gasteiger partial charge in [0, 0.05) is 0 Å². The molecule has 0 bridgehead atoms. The third-order valence-electron chi connectivity index (χ3n) is 3.26. The second kappa shape index (κ2) is 9.30. The van der Waals surface area contributed by atoms with Gasteiger partial charge in [0.2, 0.25) is 0 Å². The lowest BCUT2D eigenvalue weighted by atomic mass is 10.2. The van der Waals surface area contributed by atoms with Gasteiger partial charge < -0.3 is 18.9 Å². The molecule has 0 aromatic heterocycles. The zero-order valence-electron chi connectivity index (χ0n) is 14.0. The van der Waals surface area contributed by atoms with Gasteiger partial charge in [-0.15, -0.1) is 0 Å². The van der Waals surface area contributed by atoms with Crippen LogP contribution in [0.15, 0.2) is 61.2 Å². The van der Waals surface area contributed by atoms with Crippen molar-refractivity contribution in [3.63, 3.8) is 0 Å². The van der Waals surface area contributed by atoms with Crippen LogP contribution in [0.25, 0.3) is 6.08 Å². The number of hydrogen-bond acceptors (Lipinski definition) is 4. The van der Waals surface area contributed by atoms with E-state index in [-0.39, 0.29) is 0 Å². The van der Waals surface area contributed by atoms with Crippen LogP contribution < -0.4 is 18.9 Å². The molecule has 0 atom stereocenters. The Morgan fingerprint density at radius 1 is 0.833 bits per heavy atom. The summed E-state index contributed by atoms with van der Waals surface area (Å²) in [5, 5.41) is 0. The summed E-state index contributed by atoms with van der Waals surface area (Å²) >= 11 is 0. The van der Waals surface area contributed by atoms with E-state index < -0.39 is 0 Å². The SMILES string of the molecule is C=CCOc1ccccc1OC/C=C/c1ccc(OC)c(OC)c1. The van der Waals surface area contributed by atoms with Crippen molar-refractivity contribution in [3.8, 4) is 23.0 Å². The number of hydrogen-bond donors (Lipinski definition) is 0. The van der Waals surface area contributed by atoms with Crippen molar-refractivity contribution in [1.29, 1.82) is 0 Å². The number of rotatable bonds is 9. The van der Waals surface area contributed by atoms with E-state index in [0.29, 0.717) is 36.2 Å². The van der Waals surface area contributed by atoms with Gasteiger partial charge in [0.1, 0.15) is 13.2 Å². The molecule has 0 heterocycles. The summed E-state index contributed by atoms with van der Waals surface area (Å²) < 4.78 is 21.8. The Labute approximate surface area is 142 Å². The van der Waals surface area contributed by atoms with Crippen LogP contribution in [-0.4, -0.2) is 27.4 Å². The van der Waals surface area contributed by atoms with Gasteiger partial charge in [-0.05, 0) is 35.9 Å². The van der Waals surface area contributed by atoms with Crippen molar-refractivity contribution < 1.29 is 18.9 Å². The van der Waals surface area contributed by atoms with Gasteiger partial charge in [-0.25, -0.2) is 0 Å². The van der Waals surface area contributed by atoms with Crippen LogP contribution in [0.4, 0.5) is 0 Å². The minimum atomic E-state index is 0.433. The Morgan fingerprint density at radius 2 is 1.50 bits per heavy atom. The predicted molar refractivity (Wildman–Crippen MR) is 96.2 cm³/mol. The average molecular weight is 326 g/mol. The quantitative estimate of drug-likeness (QED) is 0.642. The molecule has 0 unspecified atom stereocenters. The first-order valence-corrected chi connectivity index (χ1v) is 7.62. The highest BCUT2D eigenvalue weighted by molar-refractivity contribution is 5.56. The fraction of sp³-hybridized carbons (Fsp3) is 0.200. The maximum atomic E-state index is 5.76. The molecule has 0 spiro atoms. The normalized spacial score (nSPS) is 10.4. The molecule has 2 aromatic carbocycles. The molecule has 2 rings (SSSR count). The monoisotopic (exact) mass is 326 g/mol. The molecule has 0 saturated heterocycles. The standard InChI is InChI=1S/C20H22O4/c1-4-13-23-18-9-5-6-10-19(18)24-14-7-8-16-11-12-17(21-2)20(15-16)22-3/h4-12,15H,1,13-14H2,2-3H3/b8-7+. The highest BCUT2D eigenvalue weighted by Crippen LogP contribution is 2.28. The van der Waals surface area contributed by atoms with Crippen LogP contribution in [0.2, 0.25) is 0 Å². The predicted octanol–water partition coefficient (Wildman–Crippen LogP) is 4.36. The van der Waals surface area contributed by atoms with E-state index in [1.165, 1.54) is 0 Å². The lowest BCUT2D eigenvalue weighted by molar-refractivity contribution is 0.308. The molecule has 0 radical (unpaired) electrons. The molecule has 4 nitrogen and oxygen atoms in total. The van der Waals surface area contributed by atoms with Crippen molar-refractivity contribution in [2.24, 2.45) is 0 Å². The molecular weight excluding hydrogens is 304 g/mol. The molecule has 0 aliphatic rings. The zero-order chi connectivity index (χ0) is 17.2. The molecule has 0 aliphatic heterocycles. The lowest BCUT2D eigenvalue weighted by Gasteiger charge is -2.10. The minimum absolute atomic E-state index is 0.433. The van der Waals surface area contributed by atoms with Crippen LogP contribution in [0.5, 0.6) is 23.0 Å². The van der Waals surface area contributed by atoms with E-state index >= 15 is 0 Å². The first kappa shape index (κ1) is 17.5. The molecule has 0 aliphatic carbocycles. The van der Waals surface area contributed by atoms with Gasteiger partial charge in [-0.3, -0.25) is 0 Å². The topological polar surface area (TPSA) is 36.9 Å². The first-order chi connectivity index (χ1) is 11.8. The molecular formula is C20H22O4. The van der Waals surface area contributed by atoms with E-state index in [4.69, 9.17) is 18.9 Å². The summed E-state index contributed by atoms with van der Waals surface area (Å²) in [6.07, 6.45) is 5.61. The van der Waals surface area contributed by atoms with E-state index in [9.17, 15) is 0 Å². The number of ether oxygens (including phenoxy) is 4. The molecule has 0 amide bonds. The van der Waals surface area contributed by atoms with Gasteiger partial charge in [0.15, 0.2) is 23.0 Å². The van der Waals surface area contributed by atoms with Crippen molar-refractivity contribution in [2.45, 2.75) is 0 Å². The van der Waals surface area contributed by atoms with Gasteiger partial charge in [-0.2, -0.15) is 0 Å². The van der Waals surface area contributed by atoms with Gasteiger partial charge in [0.25, 0.3) is 0 Å². The Balaban J connectivity index is 1.97. The Hall–Kier alpha value is -2.88. The molecule has 24 heavy (non-hydrogen) atoms. The number of benzene rings is 2. The first-order valence-electron chi connectivity index (χ1n) is 7.62. The second-order valence-electron chi connectivity index (χ2n) is 4.87. The minimum Gasteiger partial charge on any atom is -0.493 e. The van der Waals surface area contributed by atoms with Crippen molar-refractivity contribution in [3.05, 3.63) is 66.8 Å². The van der Waals surface area contributed by atoms with E-state index in [1.54, 1.807) is 20.3 Å². The Kier molecular flexibility index (Phi) is 6.77. The van der Waals surface area contributed by atoms with Crippen LogP contribution in [-0.2, 0) is 0 Å². The smallest absolute Gasteiger partial charge is 0.161 e. The van der Waals surface area contributed by atoms with Gasteiger partial charge in [-0.1, -0.05) is 36.9 Å². The average Bonchev–Trinajstić information content (AvgIpc) is 2.64. The maximum absolute atomic E-state index is 5.76. The molecule has 0 saturated carbocycles.